The van der Waals surface area contributed by atoms with E-state index in [1.54, 1.807) is 0 Å². The quantitative estimate of drug-likeness (QED) is 0.543. The molecule has 1 fully saturated rings. The zero-order chi connectivity index (χ0) is 7.61. The predicted octanol–water partition coefficient (Wildman–Crippen LogP) is -0.300. The fraction of sp³-hybridized carbons (Fsp3) is 0.833. The van der Waals surface area contributed by atoms with Crippen LogP contribution in [0.3, 0.4) is 0 Å². The van der Waals surface area contributed by atoms with Crippen LogP contribution in [-0.4, -0.2) is 26.2 Å². The van der Waals surface area contributed by atoms with Crippen LogP contribution >= 0.6 is 0 Å². The first-order chi connectivity index (χ1) is 4.69. The van der Waals surface area contributed by atoms with Crippen LogP contribution in [0.1, 0.15) is 6.92 Å². The Balaban J connectivity index is 2.39. The monoisotopic (exact) mass is 145 g/mol. The second-order valence-electron chi connectivity index (χ2n) is 2.69. The average molecular weight is 145 g/mol. The van der Waals surface area contributed by atoms with Crippen molar-refractivity contribution >= 4 is 5.91 Å². The van der Waals surface area contributed by atoms with E-state index in [0.717, 1.165) is 0 Å². The fourth-order valence-electron chi connectivity index (χ4n) is 0.755. The molecule has 0 saturated carbocycles. The lowest BCUT2D eigenvalue weighted by Crippen LogP contribution is -2.51. The van der Waals surface area contributed by atoms with Gasteiger partial charge in [-0.1, -0.05) is 0 Å². The third kappa shape index (κ3) is 1.12. The number of hydrogen-bond donors (Lipinski definition) is 1. The van der Waals surface area contributed by atoms with Gasteiger partial charge in [-0.05, 0) is 6.92 Å². The van der Waals surface area contributed by atoms with Gasteiger partial charge in [0, 0.05) is 0 Å². The maximum Gasteiger partial charge on any atom is 0.254 e. The summed E-state index contributed by atoms with van der Waals surface area (Å²) in [4.78, 5) is 15.5. The lowest BCUT2D eigenvalue weighted by Gasteiger charge is -2.35. The molecule has 1 amide bonds. The minimum Gasteiger partial charge on any atom is -0.379 e. The van der Waals surface area contributed by atoms with Gasteiger partial charge in [0.25, 0.3) is 5.91 Å². The summed E-state index contributed by atoms with van der Waals surface area (Å²) in [5, 5.41) is 0. The number of carbonyl (C=O) groups is 1. The van der Waals surface area contributed by atoms with Crippen molar-refractivity contribution in [2.24, 2.45) is 5.41 Å². The topological polar surface area (TPSA) is 47.6 Å². The molecule has 1 heterocycles. The van der Waals surface area contributed by atoms with Crippen molar-refractivity contribution in [3.63, 3.8) is 0 Å². The molecule has 0 unspecified atom stereocenters. The van der Waals surface area contributed by atoms with Crippen LogP contribution in [0.15, 0.2) is 0 Å². The van der Waals surface area contributed by atoms with Gasteiger partial charge in [-0.2, -0.15) is 0 Å². The highest BCUT2D eigenvalue weighted by Crippen LogP contribution is 2.26. The van der Waals surface area contributed by atoms with E-state index < -0.39 is 0 Å². The van der Waals surface area contributed by atoms with Crippen molar-refractivity contribution in [3.8, 4) is 0 Å². The first-order valence-corrected chi connectivity index (χ1v) is 3.10. The number of nitrogens with one attached hydrogen (secondary N) is 1. The molecule has 1 aliphatic rings. The zero-order valence-electron chi connectivity index (χ0n) is 6.14. The normalized spacial score (nSPS) is 21.4. The van der Waals surface area contributed by atoms with Crippen LogP contribution in [0.4, 0.5) is 0 Å². The van der Waals surface area contributed by atoms with Gasteiger partial charge in [0.2, 0.25) is 0 Å². The summed E-state index contributed by atoms with van der Waals surface area (Å²) >= 11 is 0. The molecule has 1 rings (SSSR count). The van der Waals surface area contributed by atoms with Crippen LogP contribution in [0.25, 0.3) is 0 Å². The van der Waals surface area contributed by atoms with E-state index >= 15 is 0 Å². The maximum absolute atomic E-state index is 11.0. The number of amides is 1. The minimum absolute atomic E-state index is 0.110. The highest BCUT2D eigenvalue weighted by atomic mass is 16.6. The van der Waals surface area contributed by atoms with Gasteiger partial charge in [0.1, 0.15) is 0 Å². The largest absolute Gasteiger partial charge is 0.379 e. The number of carbonyl (C=O) groups excluding carboxylic acids is 1. The lowest BCUT2D eigenvalue weighted by atomic mass is 9.88. The van der Waals surface area contributed by atoms with Crippen molar-refractivity contribution in [1.82, 2.24) is 5.48 Å². The van der Waals surface area contributed by atoms with Crippen LogP contribution < -0.4 is 5.48 Å². The molecule has 1 saturated heterocycles. The molecular formula is C6H11NO3. The molecule has 0 bridgehead atoms. The summed E-state index contributed by atoms with van der Waals surface area (Å²) in [6.45, 7) is 2.81. The molecule has 0 aliphatic carbocycles. The number of rotatable bonds is 2. The molecule has 1 aliphatic heterocycles. The first kappa shape index (κ1) is 7.50. The van der Waals surface area contributed by atoms with Crippen molar-refractivity contribution in [3.05, 3.63) is 0 Å². The van der Waals surface area contributed by atoms with Gasteiger partial charge in [0.15, 0.2) is 0 Å². The van der Waals surface area contributed by atoms with Crippen LogP contribution in [-0.2, 0) is 14.4 Å². The Bertz CT molecular complexity index is 142. The molecule has 0 atom stereocenters. The zero-order valence-corrected chi connectivity index (χ0v) is 6.14. The Labute approximate surface area is 59.5 Å². The Morgan fingerprint density at radius 1 is 1.70 bits per heavy atom. The lowest BCUT2D eigenvalue weighted by molar-refractivity contribution is -0.167. The van der Waals surface area contributed by atoms with Crippen molar-refractivity contribution in [2.45, 2.75) is 6.92 Å². The second-order valence-corrected chi connectivity index (χ2v) is 2.69. The number of hydrogen-bond acceptors (Lipinski definition) is 3. The standard InChI is InChI=1S/C6H11NO3/c1-6(3-10-4-6)5(8)7-9-2/h3-4H2,1-2H3,(H,7,8). The SMILES string of the molecule is CONC(=O)C1(C)COC1. The summed E-state index contributed by atoms with van der Waals surface area (Å²) in [5.41, 5.74) is 1.90. The Hall–Kier alpha value is -0.610. The molecule has 0 spiro atoms. The molecule has 58 valence electrons. The Morgan fingerprint density at radius 3 is 2.60 bits per heavy atom. The molecular weight excluding hydrogens is 134 g/mol. The van der Waals surface area contributed by atoms with Crippen molar-refractivity contribution in [1.29, 1.82) is 0 Å². The summed E-state index contributed by atoms with van der Waals surface area (Å²) < 4.78 is 4.89. The summed E-state index contributed by atoms with van der Waals surface area (Å²) in [6.07, 6.45) is 0. The molecule has 4 heteroatoms. The minimum atomic E-state index is -0.365. The first-order valence-electron chi connectivity index (χ1n) is 3.10. The molecule has 10 heavy (non-hydrogen) atoms. The summed E-state index contributed by atoms with van der Waals surface area (Å²) in [5.74, 6) is -0.110. The van der Waals surface area contributed by atoms with Gasteiger partial charge in [-0.25, -0.2) is 5.48 Å². The molecule has 4 nitrogen and oxygen atoms in total. The molecule has 0 aromatic carbocycles. The fourth-order valence-corrected chi connectivity index (χ4v) is 0.755. The number of hydroxylamine groups is 1. The molecule has 0 aromatic rings. The highest BCUT2D eigenvalue weighted by Gasteiger charge is 2.41. The van der Waals surface area contributed by atoms with Crippen LogP contribution in [0.5, 0.6) is 0 Å². The van der Waals surface area contributed by atoms with E-state index in [0.29, 0.717) is 13.2 Å². The summed E-state index contributed by atoms with van der Waals surface area (Å²) in [6, 6.07) is 0. The van der Waals surface area contributed by atoms with Crippen molar-refractivity contribution in [2.75, 3.05) is 20.3 Å². The van der Waals surface area contributed by atoms with E-state index in [4.69, 9.17) is 4.74 Å². The van der Waals surface area contributed by atoms with E-state index in [2.05, 4.69) is 10.3 Å². The highest BCUT2D eigenvalue weighted by molar-refractivity contribution is 5.82. The Morgan fingerprint density at radius 2 is 2.30 bits per heavy atom. The predicted molar refractivity (Wildman–Crippen MR) is 34.1 cm³/mol. The van der Waals surface area contributed by atoms with Gasteiger partial charge in [-0.15, -0.1) is 0 Å². The van der Waals surface area contributed by atoms with E-state index in [1.807, 2.05) is 6.92 Å². The third-order valence-corrected chi connectivity index (χ3v) is 1.58. The Kier molecular flexibility index (Phi) is 1.92. The summed E-state index contributed by atoms with van der Waals surface area (Å²) in [7, 11) is 1.42. The van der Waals surface area contributed by atoms with Crippen LogP contribution in [0.2, 0.25) is 0 Å². The maximum atomic E-state index is 11.0. The third-order valence-electron chi connectivity index (χ3n) is 1.58. The number of ether oxygens (including phenoxy) is 1. The van der Waals surface area contributed by atoms with Crippen molar-refractivity contribution < 1.29 is 14.4 Å². The van der Waals surface area contributed by atoms with E-state index in [9.17, 15) is 4.79 Å². The average Bonchev–Trinajstić information content (AvgIpc) is 1.83. The van der Waals surface area contributed by atoms with E-state index in [1.165, 1.54) is 7.11 Å². The second kappa shape index (κ2) is 2.56. The van der Waals surface area contributed by atoms with Gasteiger partial charge in [0.05, 0.1) is 25.7 Å². The van der Waals surface area contributed by atoms with E-state index in [-0.39, 0.29) is 11.3 Å². The van der Waals surface area contributed by atoms with Gasteiger partial charge >= 0.3 is 0 Å². The molecule has 0 aromatic heterocycles. The molecule has 1 N–H and O–H groups in total. The van der Waals surface area contributed by atoms with Gasteiger partial charge < -0.3 is 4.74 Å². The smallest absolute Gasteiger partial charge is 0.254 e. The van der Waals surface area contributed by atoms with Gasteiger partial charge in [-0.3, -0.25) is 9.63 Å². The molecule has 0 radical (unpaired) electrons. The van der Waals surface area contributed by atoms with Crippen LogP contribution in [0, 0.1) is 5.41 Å².